The molecule has 0 radical (unpaired) electrons. The average Bonchev–Trinajstić information content (AvgIpc) is 3.05. The maximum absolute atomic E-state index is 12.1. The Kier molecular flexibility index (Phi) is 6.10. The van der Waals surface area contributed by atoms with Gasteiger partial charge in [-0.1, -0.05) is 12.1 Å². The SMILES string of the molecule is CN(Cc1ccc(OCC(=O)O)cc1)C(=O)CCc1nccs1. The van der Waals surface area contributed by atoms with Gasteiger partial charge >= 0.3 is 5.97 Å². The van der Waals surface area contributed by atoms with E-state index in [1.54, 1.807) is 41.6 Å². The number of carbonyl (C=O) groups is 2. The molecule has 122 valence electrons. The first-order chi connectivity index (χ1) is 11.0. The summed E-state index contributed by atoms with van der Waals surface area (Å²) in [5, 5.41) is 11.4. The van der Waals surface area contributed by atoms with E-state index in [2.05, 4.69) is 4.98 Å². The van der Waals surface area contributed by atoms with E-state index in [0.29, 0.717) is 25.1 Å². The van der Waals surface area contributed by atoms with Gasteiger partial charge in [0.2, 0.25) is 5.91 Å². The number of hydrogen-bond donors (Lipinski definition) is 1. The van der Waals surface area contributed by atoms with Gasteiger partial charge in [0.15, 0.2) is 6.61 Å². The Morgan fingerprint density at radius 2 is 2.04 bits per heavy atom. The lowest BCUT2D eigenvalue weighted by Crippen LogP contribution is -2.26. The van der Waals surface area contributed by atoms with Crippen LogP contribution in [0.4, 0.5) is 0 Å². The van der Waals surface area contributed by atoms with Gasteiger partial charge in [-0.2, -0.15) is 0 Å². The number of nitrogens with zero attached hydrogens (tertiary/aromatic N) is 2. The Bertz CT molecular complexity index is 641. The van der Waals surface area contributed by atoms with Crippen LogP contribution in [0.5, 0.6) is 5.75 Å². The second kappa shape index (κ2) is 8.28. The first-order valence-corrected chi connectivity index (χ1v) is 7.98. The molecule has 0 aliphatic carbocycles. The molecule has 0 unspecified atom stereocenters. The molecule has 1 aromatic heterocycles. The zero-order valence-electron chi connectivity index (χ0n) is 12.8. The van der Waals surface area contributed by atoms with Crippen molar-refractivity contribution in [1.82, 2.24) is 9.88 Å². The first kappa shape index (κ1) is 17.0. The molecular weight excluding hydrogens is 316 g/mol. The van der Waals surface area contributed by atoms with Crippen LogP contribution in [-0.4, -0.2) is 40.5 Å². The van der Waals surface area contributed by atoms with Crippen LogP contribution in [-0.2, 0) is 22.6 Å². The molecule has 0 aliphatic rings. The number of ether oxygens (including phenoxy) is 1. The Labute approximate surface area is 138 Å². The molecule has 7 heteroatoms. The maximum Gasteiger partial charge on any atom is 0.341 e. The number of aliphatic carboxylic acids is 1. The molecule has 6 nitrogen and oxygen atoms in total. The van der Waals surface area contributed by atoms with Gasteiger partial charge in [-0.3, -0.25) is 4.79 Å². The molecule has 0 atom stereocenters. The molecule has 0 aliphatic heterocycles. The van der Waals surface area contributed by atoms with E-state index in [9.17, 15) is 9.59 Å². The largest absolute Gasteiger partial charge is 0.482 e. The number of aromatic nitrogens is 1. The Morgan fingerprint density at radius 3 is 2.65 bits per heavy atom. The van der Waals surface area contributed by atoms with Gasteiger partial charge in [0, 0.05) is 38.0 Å². The van der Waals surface area contributed by atoms with Gasteiger partial charge in [-0.25, -0.2) is 9.78 Å². The predicted molar refractivity (Wildman–Crippen MR) is 86.5 cm³/mol. The van der Waals surface area contributed by atoms with Crippen molar-refractivity contribution in [2.45, 2.75) is 19.4 Å². The van der Waals surface area contributed by atoms with E-state index < -0.39 is 5.97 Å². The molecule has 0 saturated heterocycles. The summed E-state index contributed by atoms with van der Waals surface area (Å²) in [7, 11) is 1.76. The van der Waals surface area contributed by atoms with Gasteiger partial charge in [-0.15, -0.1) is 11.3 Å². The summed E-state index contributed by atoms with van der Waals surface area (Å²) in [6.45, 7) is 0.129. The molecule has 1 amide bonds. The Balaban J connectivity index is 1.80. The minimum atomic E-state index is -1.01. The lowest BCUT2D eigenvalue weighted by atomic mass is 10.2. The fraction of sp³-hybridized carbons (Fsp3) is 0.312. The summed E-state index contributed by atoms with van der Waals surface area (Å²) < 4.78 is 5.07. The summed E-state index contributed by atoms with van der Waals surface area (Å²) in [6, 6.07) is 7.04. The van der Waals surface area contributed by atoms with Crippen LogP contribution in [0.25, 0.3) is 0 Å². The Morgan fingerprint density at radius 1 is 1.30 bits per heavy atom. The van der Waals surface area contributed by atoms with Crippen molar-refractivity contribution in [2.75, 3.05) is 13.7 Å². The van der Waals surface area contributed by atoms with Crippen LogP contribution in [0, 0.1) is 0 Å². The summed E-state index contributed by atoms with van der Waals surface area (Å²) in [5.74, 6) is -0.458. The number of amides is 1. The standard InChI is InChI=1S/C16H18N2O4S/c1-18(15(19)7-6-14-17-8-9-23-14)10-12-2-4-13(5-3-12)22-11-16(20)21/h2-5,8-9H,6-7,10-11H2,1H3,(H,20,21). The van der Waals surface area contributed by atoms with E-state index >= 15 is 0 Å². The normalized spacial score (nSPS) is 10.3. The van der Waals surface area contributed by atoms with E-state index in [1.807, 2.05) is 17.5 Å². The number of benzene rings is 1. The molecule has 0 fully saturated rings. The van der Waals surface area contributed by atoms with Gasteiger partial charge < -0.3 is 14.7 Å². The summed E-state index contributed by atoms with van der Waals surface area (Å²) in [5.41, 5.74) is 0.956. The monoisotopic (exact) mass is 334 g/mol. The Hall–Kier alpha value is -2.41. The second-order valence-electron chi connectivity index (χ2n) is 5.00. The third-order valence-electron chi connectivity index (χ3n) is 3.17. The fourth-order valence-corrected chi connectivity index (χ4v) is 2.60. The average molecular weight is 334 g/mol. The predicted octanol–water partition coefficient (Wildman–Crippen LogP) is 2.20. The molecule has 2 rings (SSSR count). The van der Waals surface area contributed by atoms with Crippen LogP contribution in [0.3, 0.4) is 0 Å². The number of carboxylic acid groups (broad SMARTS) is 1. The maximum atomic E-state index is 12.1. The second-order valence-corrected chi connectivity index (χ2v) is 5.98. The number of carbonyl (C=O) groups excluding carboxylic acids is 1. The van der Waals surface area contributed by atoms with Crippen LogP contribution in [0.15, 0.2) is 35.8 Å². The first-order valence-electron chi connectivity index (χ1n) is 7.10. The van der Waals surface area contributed by atoms with Crippen molar-refractivity contribution in [3.63, 3.8) is 0 Å². The summed E-state index contributed by atoms with van der Waals surface area (Å²) in [6.07, 6.45) is 2.83. The quantitative estimate of drug-likeness (QED) is 0.800. The highest BCUT2D eigenvalue weighted by molar-refractivity contribution is 7.09. The molecular formula is C16H18N2O4S. The van der Waals surface area contributed by atoms with Crippen LogP contribution in [0.1, 0.15) is 17.0 Å². The number of rotatable bonds is 8. The van der Waals surface area contributed by atoms with Crippen molar-refractivity contribution in [1.29, 1.82) is 0 Å². The molecule has 1 aromatic carbocycles. The van der Waals surface area contributed by atoms with Gasteiger partial charge in [0.1, 0.15) is 5.75 Å². The molecule has 1 heterocycles. The van der Waals surface area contributed by atoms with Crippen LogP contribution in [0.2, 0.25) is 0 Å². The summed E-state index contributed by atoms with van der Waals surface area (Å²) in [4.78, 5) is 28.4. The smallest absolute Gasteiger partial charge is 0.341 e. The van der Waals surface area contributed by atoms with E-state index in [1.165, 1.54) is 0 Å². The zero-order chi connectivity index (χ0) is 16.7. The number of thiazole rings is 1. The van der Waals surface area contributed by atoms with Crippen LogP contribution >= 0.6 is 11.3 Å². The third kappa shape index (κ3) is 5.71. The molecule has 0 spiro atoms. The fourth-order valence-electron chi connectivity index (χ4n) is 1.98. The highest BCUT2D eigenvalue weighted by Crippen LogP contribution is 2.14. The zero-order valence-corrected chi connectivity index (χ0v) is 13.6. The van der Waals surface area contributed by atoms with E-state index in [-0.39, 0.29) is 12.5 Å². The molecule has 23 heavy (non-hydrogen) atoms. The molecule has 0 saturated carbocycles. The highest BCUT2D eigenvalue weighted by atomic mass is 32.1. The molecule has 0 bridgehead atoms. The molecule has 2 aromatic rings. The van der Waals surface area contributed by atoms with Gasteiger partial charge in [0.25, 0.3) is 0 Å². The van der Waals surface area contributed by atoms with E-state index in [4.69, 9.17) is 9.84 Å². The highest BCUT2D eigenvalue weighted by Gasteiger charge is 2.10. The number of hydrogen-bond acceptors (Lipinski definition) is 5. The van der Waals surface area contributed by atoms with Gasteiger partial charge in [0.05, 0.1) is 5.01 Å². The lowest BCUT2D eigenvalue weighted by Gasteiger charge is -2.17. The van der Waals surface area contributed by atoms with Gasteiger partial charge in [-0.05, 0) is 17.7 Å². The summed E-state index contributed by atoms with van der Waals surface area (Å²) >= 11 is 1.55. The minimum absolute atomic E-state index is 0.0615. The number of carboxylic acids is 1. The molecule has 1 N–H and O–H groups in total. The van der Waals surface area contributed by atoms with Crippen molar-refractivity contribution in [3.8, 4) is 5.75 Å². The van der Waals surface area contributed by atoms with Crippen LogP contribution < -0.4 is 4.74 Å². The number of aryl methyl sites for hydroxylation is 1. The lowest BCUT2D eigenvalue weighted by molar-refractivity contribution is -0.139. The topological polar surface area (TPSA) is 79.7 Å². The van der Waals surface area contributed by atoms with Crippen molar-refractivity contribution >= 4 is 23.2 Å². The van der Waals surface area contributed by atoms with Crippen molar-refractivity contribution < 1.29 is 19.4 Å². The van der Waals surface area contributed by atoms with Crippen molar-refractivity contribution in [3.05, 3.63) is 46.4 Å². The van der Waals surface area contributed by atoms with E-state index in [0.717, 1.165) is 10.6 Å². The van der Waals surface area contributed by atoms with Crippen molar-refractivity contribution in [2.24, 2.45) is 0 Å². The minimum Gasteiger partial charge on any atom is -0.482 e. The third-order valence-corrected chi connectivity index (χ3v) is 4.01.